The van der Waals surface area contributed by atoms with Crippen molar-refractivity contribution >= 4 is 11.8 Å². The Balaban J connectivity index is 1.70. The van der Waals surface area contributed by atoms with Crippen LogP contribution in [0.3, 0.4) is 0 Å². The second kappa shape index (κ2) is 6.35. The Morgan fingerprint density at radius 2 is 2.10 bits per heavy atom. The number of hydrogen-bond acceptors (Lipinski definition) is 5. The molecule has 0 bridgehead atoms. The van der Waals surface area contributed by atoms with Gasteiger partial charge in [0.25, 0.3) is 0 Å². The van der Waals surface area contributed by atoms with Gasteiger partial charge in [-0.25, -0.2) is 0 Å². The predicted molar refractivity (Wildman–Crippen MR) is 83.9 cm³/mol. The van der Waals surface area contributed by atoms with Gasteiger partial charge in [0.2, 0.25) is 0 Å². The summed E-state index contributed by atoms with van der Waals surface area (Å²) in [5, 5.41) is 0. The number of likely N-dealkylation sites (N-methyl/N-ethyl adjacent to an activating group) is 1. The first-order valence-electron chi connectivity index (χ1n) is 7.28. The quantitative estimate of drug-likeness (QED) is 0.640. The minimum Gasteiger partial charge on any atom is -0.490 e. The molecule has 1 heterocycles. The number of hydrogen-bond donors (Lipinski definition) is 2. The van der Waals surface area contributed by atoms with Crippen LogP contribution >= 0.6 is 11.8 Å². The van der Waals surface area contributed by atoms with Crippen molar-refractivity contribution in [2.45, 2.75) is 31.0 Å². The summed E-state index contributed by atoms with van der Waals surface area (Å²) in [5.41, 5.74) is 4.23. The average molecular weight is 293 g/mol. The van der Waals surface area contributed by atoms with Crippen LogP contribution in [0.2, 0.25) is 0 Å². The van der Waals surface area contributed by atoms with E-state index in [1.54, 1.807) is 0 Å². The molecule has 2 unspecified atom stereocenters. The molecular formula is C15H23N3OS. The fourth-order valence-corrected chi connectivity index (χ4v) is 3.89. The van der Waals surface area contributed by atoms with Crippen molar-refractivity contribution in [2.75, 3.05) is 25.1 Å². The molecule has 110 valence electrons. The molecule has 2 aliphatic rings. The van der Waals surface area contributed by atoms with Crippen LogP contribution in [0.25, 0.3) is 0 Å². The number of rotatable bonds is 5. The van der Waals surface area contributed by atoms with Crippen LogP contribution in [0.5, 0.6) is 5.75 Å². The zero-order chi connectivity index (χ0) is 13.9. The Kier molecular flexibility index (Phi) is 4.51. The van der Waals surface area contributed by atoms with E-state index in [1.165, 1.54) is 24.2 Å². The normalized spacial score (nSPS) is 25.4. The van der Waals surface area contributed by atoms with Crippen LogP contribution in [-0.2, 0) is 0 Å². The van der Waals surface area contributed by atoms with Crippen molar-refractivity contribution in [3.8, 4) is 5.75 Å². The summed E-state index contributed by atoms with van der Waals surface area (Å²) in [6.45, 7) is 1.12. The number of nitrogens with one attached hydrogen (secondary N) is 1. The molecule has 1 saturated heterocycles. The van der Waals surface area contributed by atoms with Gasteiger partial charge in [-0.3, -0.25) is 16.2 Å². The summed E-state index contributed by atoms with van der Waals surface area (Å²) in [6.07, 6.45) is 2.84. The number of ether oxygens (including phenoxy) is 1. The summed E-state index contributed by atoms with van der Waals surface area (Å²) in [6, 6.07) is 9.00. The lowest BCUT2D eigenvalue weighted by atomic mass is 9.99. The standard InChI is InChI=1S/C15H23N3OS/c1-18-8-9-20-10-14(18)15(17-16)11-2-4-12(5-3-11)19-13-6-7-13/h2-5,13-15,17H,6-10,16H2,1H3. The van der Waals surface area contributed by atoms with Gasteiger partial charge in [-0.2, -0.15) is 11.8 Å². The predicted octanol–water partition coefficient (Wildman–Crippen LogP) is 1.78. The van der Waals surface area contributed by atoms with E-state index >= 15 is 0 Å². The van der Waals surface area contributed by atoms with Gasteiger partial charge in [-0.15, -0.1) is 0 Å². The Morgan fingerprint density at radius 1 is 1.35 bits per heavy atom. The van der Waals surface area contributed by atoms with E-state index in [0.29, 0.717) is 12.1 Å². The summed E-state index contributed by atoms with van der Waals surface area (Å²) in [4.78, 5) is 2.40. The topological polar surface area (TPSA) is 50.5 Å². The molecule has 3 rings (SSSR count). The number of benzene rings is 1. The minimum absolute atomic E-state index is 0.169. The van der Waals surface area contributed by atoms with E-state index in [1.807, 2.05) is 11.8 Å². The third kappa shape index (κ3) is 3.28. The van der Waals surface area contributed by atoms with E-state index < -0.39 is 0 Å². The van der Waals surface area contributed by atoms with E-state index in [-0.39, 0.29) is 6.04 Å². The summed E-state index contributed by atoms with van der Waals surface area (Å²) < 4.78 is 5.79. The highest BCUT2D eigenvalue weighted by atomic mass is 32.2. The molecule has 0 amide bonds. The maximum Gasteiger partial charge on any atom is 0.119 e. The minimum atomic E-state index is 0.169. The van der Waals surface area contributed by atoms with Gasteiger partial charge < -0.3 is 4.74 Å². The Bertz CT molecular complexity index is 435. The highest BCUT2D eigenvalue weighted by Crippen LogP contribution is 2.30. The molecule has 0 aromatic heterocycles. The van der Waals surface area contributed by atoms with Gasteiger partial charge in [-0.1, -0.05) is 12.1 Å². The second-order valence-corrected chi connectivity index (χ2v) is 6.80. The van der Waals surface area contributed by atoms with E-state index in [2.05, 4.69) is 41.6 Å². The lowest BCUT2D eigenvalue weighted by molar-refractivity contribution is 0.216. The summed E-state index contributed by atoms with van der Waals surface area (Å²) >= 11 is 2.00. The van der Waals surface area contributed by atoms with Gasteiger partial charge in [0.05, 0.1) is 12.1 Å². The van der Waals surface area contributed by atoms with Crippen molar-refractivity contribution in [3.63, 3.8) is 0 Å². The lowest BCUT2D eigenvalue weighted by Gasteiger charge is -2.37. The van der Waals surface area contributed by atoms with Gasteiger partial charge >= 0.3 is 0 Å². The third-order valence-corrected chi connectivity index (χ3v) is 5.12. The molecule has 2 atom stereocenters. The molecule has 1 aliphatic carbocycles. The second-order valence-electron chi connectivity index (χ2n) is 5.65. The van der Waals surface area contributed by atoms with Crippen LogP contribution in [0.4, 0.5) is 0 Å². The maximum absolute atomic E-state index is 5.81. The molecule has 4 nitrogen and oxygen atoms in total. The van der Waals surface area contributed by atoms with Crippen LogP contribution in [-0.4, -0.2) is 42.1 Å². The van der Waals surface area contributed by atoms with Crippen LogP contribution < -0.4 is 16.0 Å². The van der Waals surface area contributed by atoms with E-state index in [0.717, 1.165) is 18.0 Å². The molecule has 1 aliphatic heterocycles. The van der Waals surface area contributed by atoms with Gasteiger partial charge in [-0.05, 0) is 37.6 Å². The van der Waals surface area contributed by atoms with Crippen LogP contribution in [0.15, 0.2) is 24.3 Å². The maximum atomic E-state index is 5.81. The molecule has 0 radical (unpaired) electrons. The smallest absolute Gasteiger partial charge is 0.119 e. The Labute approximate surface area is 125 Å². The lowest BCUT2D eigenvalue weighted by Crippen LogP contribution is -2.49. The molecule has 0 spiro atoms. The monoisotopic (exact) mass is 293 g/mol. The van der Waals surface area contributed by atoms with Crippen molar-refractivity contribution in [3.05, 3.63) is 29.8 Å². The van der Waals surface area contributed by atoms with Crippen molar-refractivity contribution < 1.29 is 4.74 Å². The van der Waals surface area contributed by atoms with E-state index in [4.69, 9.17) is 10.6 Å². The highest BCUT2D eigenvalue weighted by molar-refractivity contribution is 7.99. The zero-order valence-electron chi connectivity index (χ0n) is 11.9. The number of nitrogens with two attached hydrogens (primary N) is 1. The first kappa shape index (κ1) is 14.2. The van der Waals surface area contributed by atoms with Crippen LogP contribution in [0, 0.1) is 0 Å². The first-order chi connectivity index (χ1) is 9.78. The molecule has 3 N–H and O–H groups in total. The van der Waals surface area contributed by atoms with Gasteiger partial charge in [0, 0.05) is 24.1 Å². The zero-order valence-corrected chi connectivity index (χ0v) is 12.7. The molecule has 5 heteroatoms. The van der Waals surface area contributed by atoms with Crippen molar-refractivity contribution in [1.82, 2.24) is 10.3 Å². The van der Waals surface area contributed by atoms with Crippen molar-refractivity contribution in [1.29, 1.82) is 0 Å². The van der Waals surface area contributed by atoms with Gasteiger partial charge in [0.15, 0.2) is 0 Å². The van der Waals surface area contributed by atoms with Crippen molar-refractivity contribution in [2.24, 2.45) is 5.84 Å². The molecule has 20 heavy (non-hydrogen) atoms. The largest absolute Gasteiger partial charge is 0.490 e. The fourth-order valence-electron chi connectivity index (χ4n) is 2.62. The fraction of sp³-hybridized carbons (Fsp3) is 0.600. The average Bonchev–Trinajstić information content (AvgIpc) is 3.27. The molecule has 1 aromatic rings. The Hall–Kier alpha value is -0.750. The van der Waals surface area contributed by atoms with Crippen LogP contribution in [0.1, 0.15) is 24.4 Å². The molecule has 1 saturated carbocycles. The summed E-state index contributed by atoms with van der Waals surface area (Å²) in [7, 11) is 2.18. The molecular weight excluding hydrogens is 270 g/mol. The van der Waals surface area contributed by atoms with E-state index in [9.17, 15) is 0 Å². The number of nitrogens with zero attached hydrogens (tertiary/aromatic N) is 1. The molecule has 1 aromatic carbocycles. The highest BCUT2D eigenvalue weighted by Gasteiger charge is 2.28. The number of hydrazine groups is 1. The third-order valence-electron chi connectivity index (χ3n) is 4.07. The summed E-state index contributed by atoms with van der Waals surface area (Å²) in [5.74, 6) is 9.10. The SMILES string of the molecule is CN1CCSCC1C(NN)c1ccc(OC2CC2)cc1. The molecule has 2 fully saturated rings. The van der Waals surface area contributed by atoms with Gasteiger partial charge in [0.1, 0.15) is 5.75 Å². The first-order valence-corrected chi connectivity index (χ1v) is 8.44. The number of thioether (sulfide) groups is 1. The Morgan fingerprint density at radius 3 is 2.70 bits per heavy atom.